The normalized spacial score (nSPS) is 10.3. The van der Waals surface area contributed by atoms with Crippen molar-refractivity contribution >= 4 is 5.69 Å². The molecule has 0 amide bonds. The smallest absolute Gasteiger partial charge is 0.189 e. The lowest BCUT2D eigenvalue weighted by atomic mass is 10.1. The fraction of sp³-hybridized carbons (Fsp3) is 0.182. The van der Waals surface area contributed by atoms with Crippen LogP contribution in [-0.4, -0.2) is 23.4 Å². The Morgan fingerprint density at radius 2 is 2.06 bits per heavy atom. The van der Waals surface area contributed by atoms with Gasteiger partial charge in [-0.1, -0.05) is 5.16 Å². The highest BCUT2D eigenvalue weighted by atomic mass is 16.5. The highest BCUT2D eigenvalue weighted by Crippen LogP contribution is 2.28. The SMILES string of the molecule is NCCNc1cnoc1-c1ccc(O)cc1. The zero-order chi connectivity index (χ0) is 11.4. The van der Waals surface area contributed by atoms with Crippen LogP contribution in [-0.2, 0) is 0 Å². The van der Waals surface area contributed by atoms with Crippen LogP contribution in [0.15, 0.2) is 35.0 Å². The van der Waals surface area contributed by atoms with Crippen molar-refractivity contribution in [1.82, 2.24) is 5.16 Å². The van der Waals surface area contributed by atoms with Crippen LogP contribution in [0.3, 0.4) is 0 Å². The topological polar surface area (TPSA) is 84.3 Å². The van der Waals surface area contributed by atoms with Crippen molar-refractivity contribution in [2.75, 3.05) is 18.4 Å². The Balaban J connectivity index is 2.26. The third-order valence-electron chi connectivity index (χ3n) is 2.16. The number of hydrogen-bond acceptors (Lipinski definition) is 5. The first kappa shape index (κ1) is 10.5. The molecule has 0 saturated carbocycles. The molecule has 0 aliphatic rings. The van der Waals surface area contributed by atoms with Gasteiger partial charge in [-0.2, -0.15) is 0 Å². The van der Waals surface area contributed by atoms with Crippen LogP contribution in [0.1, 0.15) is 0 Å². The average Bonchev–Trinajstić information content (AvgIpc) is 2.75. The van der Waals surface area contributed by atoms with E-state index >= 15 is 0 Å². The lowest BCUT2D eigenvalue weighted by Gasteiger charge is -2.03. The molecule has 1 aromatic heterocycles. The van der Waals surface area contributed by atoms with Gasteiger partial charge in [0.2, 0.25) is 0 Å². The summed E-state index contributed by atoms with van der Waals surface area (Å²) in [6.07, 6.45) is 1.61. The molecule has 1 heterocycles. The van der Waals surface area contributed by atoms with E-state index < -0.39 is 0 Å². The number of nitrogens with one attached hydrogen (secondary N) is 1. The summed E-state index contributed by atoms with van der Waals surface area (Å²) in [6, 6.07) is 6.74. The summed E-state index contributed by atoms with van der Waals surface area (Å²) in [5, 5.41) is 16.0. The quantitative estimate of drug-likeness (QED) is 0.724. The van der Waals surface area contributed by atoms with Gasteiger partial charge in [-0.15, -0.1) is 0 Å². The van der Waals surface area contributed by atoms with Crippen LogP contribution < -0.4 is 11.1 Å². The summed E-state index contributed by atoms with van der Waals surface area (Å²) in [7, 11) is 0. The number of benzene rings is 1. The Kier molecular flexibility index (Phi) is 3.07. The molecule has 4 N–H and O–H groups in total. The molecule has 0 aliphatic heterocycles. The molecule has 5 heteroatoms. The molecule has 16 heavy (non-hydrogen) atoms. The van der Waals surface area contributed by atoms with Crippen molar-refractivity contribution in [1.29, 1.82) is 0 Å². The van der Waals surface area contributed by atoms with Crippen molar-refractivity contribution < 1.29 is 9.63 Å². The van der Waals surface area contributed by atoms with E-state index in [2.05, 4.69) is 10.5 Å². The summed E-state index contributed by atoms with van der Waals surface area (Å²) in [5.74, 6) is 0.869. The minimum absolute atomic E-state index is 0.222. The van der Waals surface area contributed by atoms with Crippen molar-refractivity contribution in [3.8, 4) is 17.1 Å². The summed E-state index contributed by atoms with van der Waals surface area (Å²) < 4.78 is 5.15. The number of phenolic OH excluding ortho intramolecular Hbond substituents is 1. The van der Waals surface area contributed by atoms with Gasteiger partial charge in [-0.25, -0.2) is 0 Å². The molecular formula is C11H13N3O2. The minimum Gasteiger partial charge on any atom is -0.508 e. The second-order valence-corrected chi connectivity index (χ2v) is 3.33. The first-order chi connectivity index (χ1) is 7.81. The average molecular weight is 219 g/mol. The van der Waals surface area contributed by atoms with Crippen LogP contribution in [0.2, 0.25) is 0 Å². The number of aromatic hydroxyl groups is 1. The van der Waals surface area contributed by atoms with E-state index in [1.807, 2.05) is 0 Å². The molecule has 0 fully saturated rings. The second kappa shape index (κ2) is 4.67. The lowest BCUT2D eigenvalue weighted by molar-refractivity contribution is 0.432. The number of anilines is 1. The van der Waals surface area contributed by atoms with Gasteiger partial charge in [0.05, 0.1) is 6.20 Å². The monoisotopic (exact) mass is 219 g/mol. The van der Waals surface area contributed by atoms with Crippen molar-refractivity contribution in [2.24, 2.45) is 5.73 Å². The van der Waals surface area contributed by atoms with E-state index in [-0.39, 0.29) is 5.75 Å². The van der Waals surface area contributed by atoms with Gasteiger partial charge in [0.1, 0.15) is 11.4 Å². The third kappa shape index (κ3) is 2.14. The number of aromatic nitrogens is 1. The maximum atomic E-state index is 9.19. The van der Waals surface area contributed by atoms with Crippen LogP contribution in [0.4, 0.5) is 5.69 Å². The maximum Gasteiger partial charge on any atom is 0.189 e. The molecule has 2 rings (SSSR count). The van der Waals surface area contributed by atoms with Gasteiger partial charge in [-0.05, 0) is 24.3 Å². The lowest BCUT2D eigenvalue weighted by Crippen LogP contribution is -2.12. The molecule has 0 saturated heterocycles. The molecule has 0 atom stereocenters. The van der Waals surface area contributed by atoms with Gasteiger partial charge >= 0.3 is 0 Å². The zero-order valence-corrected chi connectivity index (χ0v) is 8.68. The molecule has 0 aliphatic carbocycles. The van der Waals surface area contributed by atoms with Gasteiger partial charge in [0, 0.05) is 18.7 Å². The molecule has 0 unspecified atom stereocenters. The molecular weight excluding hydrogens is 206 g/mol. The largest absolute Gasteiger partial charge is 0.508 e. The Hall–Kier alpha value is -2.01. The predicted molar refractivity (Wildman–Crippen MR) is 61.1 cm³/mol. The van der Waals surface area contributed by atoms with Crippen LogP contribution in [0, 0.1) is 0 Å². The van der Waals surface area contributed by atoms with E-state index in [0.717, 1.165) is 11.3 Å². The highest BCUT2D eigenvalue weighted by Gasteiger charge is 2.09. The zero-order valence-electron chi connectivity index (χ0n) is 8.68. The fourth-order valence-electron chi connectivity index (χ4n) is 1.39. The van der Waals surface area contributed by atoms with E-state index in [4.69, 9.17) is 10.3 Å². The number of rotatable bonds is 4. The van der Waals surface area contributed by atoms with Crippen molar-refractivity contribution in [3.63, 3.8) is 0 Å². The predicted octanol–water partition coefficient (Wildman–Crippen LogP) is 1.42. The Labute approximate surface area is 92.9 Å². The number of phenols is 1. The maximum absolute atomic E-state index is 9.19. The first-order valence-corrected chi connectivity index (χ1v) is 4.99. The van der Waals surface area contributed by atoms with Crippen LogP contribution in [0.5, 0.6) is 5.75 Å². The van der Waals surface area contributed by atoms with Crippen LogP contribution >= 0.6 is 0 Å². The van der Waals surface area contributed by atoms with E-state index in [1.54, 1.807) is 30.5 Å². The van der Waals surface area contributed by atoms with Crippen molar-refractivity contribution in [2.45, 2.75) is 0 Å². The molecule has 0 spiro atoms. The van der Waals surface area contributed by atoms with E-state index in [9.17, 15) is 5.11 Å². The van der Waals surface area contributed by atoms with Crippen LogP contribution in [0.25, 0.3) is 11.3 Å². The molecule has 0 bridgehead atoms. The molecule has 0 radical (unpaired) electrons. The van der Waals surface area contributed by atoms with Gasteiger partial charge in [-0.3, -0.25) is 0 Å². The van der Waals surface area contributed by atoms with Gasteiger partial charge in [0.15, 0.2) is 5.76 Å². The number of nitrogens with two attached hydrogens (primary N) is 1. The summed E-state index contributed by atoms with van der Waals surface area (Å²) in [5.41, 5.74) is 7.07. The number of nitrogens with zero attached hydrogens (tertiary/aromatic N) is 1. The number of hydrogen-bond donors (Lipinski definition) is 3. The Morgan fingerprint density at radius 1 is 1.31 bits per heavy atom. The summed E-state index contributed by atoms with van der Waals surface area (Å²) in [4.78, 5) is 0. The molecule has 84 valence electrons. The molecule has 1 aromatic carbocycles. The minimum atomic E-state index is 0.222. The van der Waals surface area contributed by atoms with E-state index in [1.165, 1.54) is 0 Å². The Morgan fingerprint density at radius 3 is 2.75 bits per heavy atom. The summed E-state index contributed by atoms with van der Waals surface area (Å²) >= 11 is 0. The van der Waals surface area contributed by atoms with Gasteiger partial charge < -0.3 is 20.7 Å². The van der Waals surface area contributed by atoms with Crippen molar-refractivity contribution in [3.05, 3.63) is 30.5 Å². The Bertz CT molecular complexity index is 451. The standard InChI is InChI=1S/C11H13N3O2/c12-5-6-13-10-7-14-16-11(10)8-1-3-9(15)4-2-8/h1-4,7,13,15H,5-6,12H2. The third-order valence-corrected chi connectivity index (χ3v) is 2.16. The molecule has 5 nitrogen and oxygen atoms in total. The van der Waals surface area contributed by atoms with Gasteiger partial charge in [0.25, 0.3) is 0 Å². The summed E-state index contributed by atoms with van der Waals surface area (Å²) in [6.45, 7) is 1.20. The second-order valence-electron chi connectivity index (χ2n) is 3.33. The fourth-order valence-corrected chi connectivity index (χ4v) is 1.39. The van der Waals surface area contributed by atoms with E-state index in [0.29, 0.717) is 18.8 Å². The molecule has 2 aromatic rings. The highest BCUT2D eigenvalue weighted by molar-refractivity contribution is 5.72. The first-order valence-electron chi connectivity index (χ1n) is 4.99.